The number of furan rings is 1. The maximum atomic E-state index is 13.5. The number of alkyl halides is 3. The van der Waals surface area contributed by atoms with Gasteiger partial charge in [0, 0.05) is 32.9 Å². The predicted octanol–water partition coefficient (Wildman–Crippen LogP) is 4.38. The molecule has 0 radical (unpaired) electrons. The summed E-state index contributed by atoms with van der Waals surface area (Å²) in [5, 5.41) is 2.58. The van der Waals surface area contributed by atoms with Gasteiger partial charge in [0.05, 0.1) is 28.1 Å². The van der Waals surface area contributed by atoms with Crippen molar-refractivity contribution in [3.63, 3.8) is 0 Å². The van der Waals surface area contributed by atoms with Gasteiger partial charge in [0.15, 0.2) is 5.76 Å². The van der Waals surface area contributed by atoms with Crippen molar-refractivity contribution in [2.24, 2.45) is 0 Å². The number of piperidine rings is 1. The van der Waals surface area contributed by atoms with E-state index in [2.05, 4.69) is 5.32 Å². The van der Waals surface area contributed by atoms with Crippen molar-refractivity contribution < 1.29 is 41.2 Å². The Labute approximate surface area is 213 Å². The fourth-order valence-corrected chi connectivity index (χ4v) is 4.28. The topological polar surface area (TPSA) is 90.2 Å². The molecule has 1 aromatic carbocycles. The van der Waals surface area contributed by atoms with Crippen LogP contribution in [0.3, 0.4) is 0 Å². The molecule has 1 N–H and O–H groups in total. The summed E-state index contributed by atoms with van der Waals surface area (Å²) in [7, 11) is -0.825. The Bertz CT molecular complexity index is 1160. The van der Waals surface area contributed by atoms with E-state index in [1.54, 1.807) is 6.07 Å². The van der Waals surface area contributed by atoms with Crippen LogP contribution in [0.2, 0.25) is 0 Å². The van der Waals surface area contributed by atoms with Gasteiger partial charge in [-0.1, -0.05) is 0 Å². The Morgan fingerprint density at radius 1 is 1.05 bits per heavy atom. The lowest BCUT2D eigenvalue weighted by molar-refractivity contribution is -0.147. The normalized spacial score (nSPS) is 19.7. The highest BCUT2D eigenvalue weighted by molar-refractivity contribution is 6.60. The smallest absolute Gasteiger partial charge is 0.462 e. The maximum absolute atomic E-state index is 13.5. The van der Waals surface area contributed by atoms with Crippen molar-refractivity contribution in [2.75, 3.05) is 23.3 Å². The molecule has 0 bridgehead atoms. The zero-order chi connectivity index (χ0) is 27.2. The summed E-state index contributed by atoms with van der Waals surface area (Å²) in [6.07, 6.45) is -3.81. The Hall–Kier alpha value is -2.99. The number of benzene rings is 1. The van der Waals surface area contributed by atoms with Crippen molar-refractivity contribution in [3.8, 4) is 0 Å². The van der Waals surface area contributed by atoms with Crippen molar-refractivity contribution in [2.45, 2.75) is 70.9 Å². The first-order chi connectivity index (χ1) is 17.2. The number of esters is 1. The van der Waals surface area contributed by atoms with Gasteiger partial charge in [0.2, 0.25) is 0 Å². The number of carbonyl (C=O) groups excluding carboxylic acids is 2. The number of hydrogen-bond donors (Lipinski definition) is 1. The number of nitrogens with zero attached hydrogens (tertiary/aromatic N) is 1. The fraction of sp³-hybridized carbons (Fsp3) is 0.520. The van der Waals surface area contributed by atoms with Crippen LogP contribution in [-0.4, -0.2) is 49.4 Å². The third-order valence-corrected chi connectivity index (χ3v) is 7.02. The minimum Gasteiger partial charge on any atom is -0.462 e. The number of carbonyl (C=O) groups is 2. The van der Waals surface area contributed by atoms with Crippen LogP contribution in [0.4, 0.5) is 24.5 Å². The van der Waals surface area contributed by atoms with Gasteiger partial charge in [-0.3, -0.25) is 9.59 Å². The summed E-state index contributed by atoms with van der Waals surface area (Å²) in [6.45, 7) is 9.75. The van der Waals surface area contributed by atoms with E-state index in [-0.39, 0.29) is 29.2 Å². The van der Waals surface area contributed by atoms with Crippen LogP contribution in [0.15, 0.2) is 34.7 Å². The van der Waals surface area contributed by atoms with Gasteiger partial charge in [-0.15, -0.1) is 0 Å². The van der Waals surface area contributed by atoms with Crippen LogP contribution in [0.25, 0.3) is 0 Å². The van der Waals surface area contributed by atoms with Gasteiger partial charge in [0.1, 0.15) is 11.8 Å². The molecule has 0 atom stereocenters. The van der Waals surface area contributed by atoms with Gasteiger partial charge in [-0.2, -0.15) is 13.2 Å². The Morgan fingerprint density at radius 2 is 1.68 bits per heavy atom. The summed E-state index contributed by atoms with van der Waals surface area (Å²) < 4.78 is 63.2. The van der Waals surface area contributed by atoms with Gasteiger partial charge in [-0.05, 0) is 58.0 Å². The zero-order valence-corrected chi connectivity index (χ0v) is 21.4. The van der Waals surface area contributed by atoms with E-state index in [9.17, 15) is 22.8 Å². The molecule has 2 saturated heterocycles. The molecule has 0 aliphatic carbocycles. The Balaban J connectivity index is 1.54. The molecule has 2 fully saturated rings. The lowest BCUT2D eigenvalue weighted by Crippen LogP contribution is -2.41. The molecular formula is C25H30BF3N2O6. The summed E-state index contributed by atoms with van der Waals surface area (Å²) in [5.74, 6) is -1.18. The second-order valence-electron chi connectivity index (χ2n) is 10.3. The predicted molar refractivity (Wildman–Crippen MR) is 131 cm³/mol. The third kappa shape index (κ3) is 5.80. The summed E-state index contributed by atoms with van der Waals surface area (Å²) >= 11 is 0. The van der Waals surface area contributed by atoms with E-state index in [0.29, 0.717) is 31.6 Å². The molecule has 0 spiro atoms. The summed E-state index contributed by atoms with van der Waals surface area (Å²) in [6, 6.07) is 6.19. The van der Waals surface area contributed by atoms with Crippen LogP contribution >= 0.6 is 0 Å². The quantitative estimate of drug-likeness (QED) is 0.461. The van der Waals surface area contributed by atoms with Crippen LogP contribution in [-0.2, 0) is 25.0 Å². The largest absolute Gasteiger partial charge is 0.532 e. The summed E-state index contributed by atoms with van der Waals surface area (Å²) in [5.41, 5.74) is -1.40. The molecule has 4 rings (SSSR count). The fourth-order valence-electron chi connectivity index (χ4n) is 4.28. The number of nitrogens with one attached hydrogen (secondary N) is 1. The molecule has 2 aromatic rings. The Morgan fingerprint density at radius 3 is 2.24 bits per heavy atom. The average Bonchev–Trinajstić information content (AvgIpc) is 3.36. The number of ether oxygens (including phenoxy) is 1. The number of amides is 1. The van der Waals surface area contributed by atoms with Crippen LogP contribution in [0.5, 0.6) is 0 Å². The molecule has 1 amide bonds. The first-order valence-corrected chi connectivity index (χ1v) is 12.1. The van der Waals surface area contributed by atoms with Crippen molar-refractivity contribution in [1.29, 1.82) is 0 Å². The SMILES string of the molecule is CC(=O)OC1CCN(c2ccc(C(F)(F)F)cc2NC(=O)c2ccc(B3OC(C)(C)C(C)(C)O3)o2)CC1. The molecule has 37 heavy (non-hydrogen) atoms. The molecule has 12 heteroatoms. The van der Waals surface area contributed by atoms with E-state index < -0.39 is 36.0 Å². The molecule has 0 unspecified atom stereocenters. The minimum atomic E-state index is -4.59. The third-order valence-electron chi connectivity index (χ3n) is 7.02. The number of halogens is 3. The van der Waals surface area contributed by atoms with Crippen LogP contribution in [0, 0.1) is 0 Å². The lowest BCUT2D eigenvalue weighted by atomic mass is 9.86. The van der Waals surface area contributed by atoms with Gasteiger partial charge in [-0.25, -0.2) is 0 Å². The van der Waals surface area contributed by atoms with E-state index in [1.165, 1.54) is 19.1 Å². The van der Waals surface area contributed by atoms with Crippen molar-refractivity contribution >= 4 is 36.0 Å². The first kappa shape index (κ1) is 27.1. The van der Waals surface area contributed by atoms with Gasteiger partial charge < -0.3 is 28.7 Å². The molecule has 200 valence electrons. The van der Waals surface area contributed by atoms with Crippen molar-refractivity contribution in [1.82, 2.24) is 0 Å². The molecular weight excluding hydrogens is 492 g/mol. The van der Waals surface area contributed by atoms with Gasteiger partial charge in [0.25, 0.3) is 5.91 Å². The second-order valence-corrected chi connectivity index (χ2v) is 10.3. The highest BCUT2D eigenvalue weighted by atomic mass is 19.4. The summed E-state index contributed by atoms with van der Waals surface area (Å²) in [4.78, 5) is 26.1. The van der Waals surface area contributed by atoms with E-state index in [0.717, 1.165) is 12.1 Å². The monoisotopic (exact) mass is 522 g/mol. The highest BCUT2D eigenvalue weighted by Gasteiger charge is 2.53. The standard InChI is InChI=1S/C25H30BF3N2O6/c1-15(32)34-17-10-12-31(13-11-17)19-7-6-16(25(27,28)29)14-18(19)30-22(33)20-8-9-21(35-20)26-36-23(2,3)24(4,5)37-26/h6-9,14,17H,10-13H2,1-5H3,(H,30,33). The van der Waals surface area contributed by atoms with E-state index in [1.807, 2.05) is 32.6 Å². The minimum absolute atomic E-state index is 0.000607. The van der Waals surface area contributed by atoms with Gasteiger partial charge >= 0.3 is 19.3 Å². The number of rotatable bonds is 5. The van der Waals surface area contributed by atoms with Crippen LogP contribution in [0.1, 0.15) is 63.6 Å². The molecule has 1 aromatic heterocycles. The second kappa shape index (κ2) is 9.72. The van der Waals surface area contributed by atoms with E-state index in [4.69, 9.17) is 18.5 Å². The van der Waals surface area contributed by atoms with E-state index >= 15 is 0 Å². The first-order valence-electron chi connectivity index (χ1n) is 12.1. The molecule has 8 nitrogen and oxygen atoms in total. The average molecular weight is 522 g/mol. The molecule has 2 aliphatic heterocycles. The molecule has 3 heterocycles. The lowest BCUT2D eigenvalue weighted by Gasteiger charge is -2.34. The molecule has 0 saturated carbocycles. The zero-order valence-electron chi connectivity index (χ0n) is 21.4. The number of hydrogen-bond acceptors (Lipinski definition) is 7. The number of anilines is 2. The maximum Gasteiger partial charge on any atom is 0.532 e. The van der Waals surface area contributed by atoms with Crippen molar-refractivity contribution in [3.05, 3.63) is 41.7 Å². The van der Waals surface area contributed by atoms with Crippen LogP contribution < -0.4 is 15.9 Å². The Kier molecular flexibility index (Phi) is 7.11. The highest BCUT2D eigenvalue weighted by Crippen LogP contribution is 2.38. The molecule has 2 aliphatic rings.